The third kappa shape index (κ3) is 5.23. The minimum absolute atomic E-state index is 0.185. The smallest absolute Gasteiger partial charge is 0.406 e. The molecule has 41 valence electrons. The number of amides is 1. The summed E-state index contributed by atoms with van der Waals surface area (Å²) in [5.41, 5.74) is 4.51. The highest BCUT2D eigenvalue weighted by molar-refractivity contribution is 5.64. The van der Waals surface area contributed by atoms with Crippen LogP contribution in [0.2, 0.25) is 0 Å². The first-order valence-electron chi connectivity index (χ1n) is 1.56. The average molecular weight is 104 g/mol. The Kier molecular flexibility index (Phi) is 3.04. The maximum atomic E-state index is 9.65. The van der Waals surface area contributed by atoms with Gasteiger partial charge in [-0.25, -0.2) is 4.79 Å². The number of ether oxygens (including phenoxy) is 2. The second kappa shape index (κ2) is 3.42. The predicted molar refractivity (Wildman–Crippen MR) is 22.0 cm³/mol. The van der Waals surface area contributed by atoms with E-state index in [9.17, 15) is 4.79 Å². The van der Waals surface area contributed by atoms with Crippen molar-refractivity contribution in [1.82, 2.24) is 0 Å². The first-order chi connectivity index (χ1) is 3.27. The molecule has 0 atom stereocenters. The van der Waals surface area contributed by atoms with E-state index in [0.717, 1.165) is 0 Å². The fraction of sp³-hybridized carbons (Fsp3) is 0.333. The number of carbonyl (C=O) groups excluding carboxylic acids is 1. The highest BCUT2D eigenvalue weighted by atomic mass is 16.7. The normalized spacial score (nSPS) is 8.14. The van der Waals surface area contributed by atoms with Gasteiger partial charge in [0, 0.05) is 0 Å². The van der Waals surface area contributed by atoms with Crippen molar-refractivity contribution in [3.05, 3.63) is 7.11 Å². The van der Waals surface area contributed by atoms with Crippen LogP contribution in [0.1, 0.15) is 0 Å². The Balaban J connectivity index is 2.82. The molecule has 0 bridgehead atoms. The lowest BCUT2D eigenvalue weighted by atomic mass is 11.2. The lowest BCUT2D eigenvalue weighted by Crippen LogP contribution is -2.13. The largest absolute Gasteiger partial charge is 0.422 e. The molecule has 0 aliphatic rings. The standard InChI is InChI=1S/C3H6NO3/c1-6-2-7-3(4)5/h1-2H2,(H2,4,5). The van der Waals surface area contributed by atoms with Crippen molar-refractivity contribution in [1.29, 1.82) is 0 Å². The van der Waals surface area contributed by atoms with Gasteiger partial charge in [0.1, 0.15) is 0 Å². The number of nitrogens with two attached hydrogens (primary N) is 1. The van der Waals surface area contributed by atoms with E-state index in [-0.39, 0.29) is 6.79 Å². The summed E-state index contributed by atoms with van der Waals surface area (Å²) in [5, 5.41) is 0. The van der Waals surface area contributed by atoms with Crippen molar-refractivity contribution >= 4 is 6.09 Å². The van der Waals surface area contributed by atoms with Gasteiger partial charge in [-0.3, -0.25) is 0 Å². The molecule has 0 unspecified atom stereocenters. The van der Waals surface area contributed by atoms with Crippen molar-refractivity contribution < 1.29 is 14.3 Å². The Hall–Kier alpha value is -0.770. The van der Waals surface area contributed by atoms with Gasteiger partial charge < -0.3 is 15.2 Å². The Bertz CT molecular complexity index is 63.2. The van der Waals surface area contributed by atoms with Crippen LogP contribution >= 0.6 is 0 Å². The van der Waals surface area contributed by atoms with Crippen LogP contribution in [0.4, 0.5) is 4.79 Å². The molecular weight excluding hydrogens is 98.0 g/mol. The summed E-state index contributed by atoms with van der Waals surface area (Å²) in [6.45, 7) is -0.185. The average Bonchev–Trinajstić information content (AvgIpc) is 1.61. The van der Waals surface area contributed by atoms with Crippen molar-refractivity contribution in [2.75, 3.05) is 6.79 Å². The molecule has 7 heavy (non-hydrogen) atoms. The summed E-state index contributed by atoms with van der Waals surface area (Å²) >= 11 is 0. The quantitative estimate of drug-likeness (QED) is 0.495. The minimum Gasteiger partial charge on any atom is -0.422 e. The first-order valence-corrected chi connectivity index (χ1v) is 1.56. The predicted octanol–water partition coefficient (Wildman–Crippen LogP) is -0.153. The van der Waals surface area contributed by atoms with Crippen LogP contribution in [-0.2, 0) is 9.47 Å². The molecule has 4 heteroatoms. The van der Waals surface area contributed by atoms with Gasteiger partial charge in [-0.2, -0.15) is 0 Å². The summed E-state index contributed by atoms with van der Waals surface area (Å²) < 4.78 is 8.12. The van der Waals surface area contributed by atoms with Crippen LogP contribution in [0.25, 0.3) is 0 Å². The van der Waals surface area contributed by atoms with E-state index in [4.69, 9.17) is 0 Å². The first kappa shape index (κ1) is 6.23. The maximum absolute atomic E-state index is 9.65. The fourth-order valence-corrected chi connectivity index (χ4v) is 0.0997. The number of hydrogen-bond acceptors (Lipinski definition) is 3. The van der Waals surface area contributed by atoms with Crippen molar-refractivity contribution in [3.63, 3.8) is 0 Å². The Morgan fingerprint density at radius 2 is 2.43 bits per heavy atom. The number of rotatable bonds is 2. The topological polar surface area (TPSA) is 61.6 Å². The van der Waals surface area contributed by atoms with E-state index in [2.05, 4.69) is 22.3 Å². The molecule has 0 aromatic heterocycles. The highest BCUT2D eigenvalue weighted by Crippen LogP contribution is 1.71. The molecule has 0 fully saturated rings. The summed E-state index contributed by atoms with van der Waals surface area (Å²) in [5.74, 6) is 0. The molecule has 0 spiro atoms. The number of hydrogen-bond donors (Lipinski definition) is 1. The van der Waals surface area contributed by atoms with Gasteiger partial charge >= 0.3 is 6.09 Å². The van der Waals surface area contributed by atoms with Crippen molar-refractivity contribution in [2.24, 2.45) is 5.73 Å². The fourth-order valence-electron chi connectivity index (χ4n) is 0.0997. The van der Waals surface area contributed by atoms with Crippen LogP contribution < -0.4 is 5.73 Å². The minimum atomic E-state index is -0.858. The van der Waals surface area contributed by atoms with Crippen LogP contribution in [0.15, 0.2) is 0 Å². The Morgan fingerprint density at radius 3 is 2.57 bits per heavy atom. The summed E-state index contributed by atoms with van der Waals surface area (Å²) in [6, 6.07) is 0. The van der Waals surface area contributed by atoms with E-state index in [1.54, 1.807) is 0 Å². The van der Waals surface area contributed by atoms with Crippen molar-refractivity contribution in [3.8, 4) is 0 Å². The molecular formula is C3H6NO3. The monoisotopic (exact) mass is 104 g/mol. The third-order valence-corrected chi connectivity index (χ3v) is 0.285. The number of primary amides is 1. The maximum Gasteiger partial charge on any atom is 0.406 e. The molecule has 0 aromatic rings. The second-order valence-electron chi connectivity index (χ2n) is 0.785. The van der Waals surface area contributed by atoms with Crippen LogP contribution in [0, 0.1) is 7.11 Å². The van der Waals surface area contributed by atoms with E-state index < -0.39 is 6.09 Å². The van der Waals surface area contributed by atoms with Gasteiger partial charge in [0.05, 0.1) is 7.11 Å². The molecule has 0 rings (SSSR count). The molecule has 2 N–H and O–H groups in total. The van der Waals surface area contributed by atoms with Gasteiger partial charge in [-0.1, -0.05) is 0 Å². The lowest BCUT2D eigenvalue weighted by Gasteiger charge is -1.94. The summed E-state index contributed by atoms with van der Waals surface area (Å²) in [7, 11) is 2.92. The molecule has 4 nitrogen and oxygen atoms in total. The molecule has 0 saturated carbocycles. The SMILES string of the molecule is [CH2]OCOC(N)=O. The Morgan fingerprint density at radius 1 is 1.86 bits per heavy atom. The molecule has 0 aliphatic carbocycles. The summed E-state index contributed by atoms with van der Waals surface area (Å²) in [6.07, 6.45) is -0.858. The van der Waals surface area contributed by atoms with E-state index in [1.807, 2.05) is 0 Å². The van der Waals surface area contributed by atoms with Crippen molar-refractivity contribution in [2.45, 2.75) is 0 Å². The molecule has 1 radical (unpaired) electrons. The van der Waals surface area contributed by atoms with Gasteiger partial charge in [0.2, 0.25) is 0 Å². The highest BCUT2D eigenvalue weighted by Gasteiger charge is 1.86. The van der Waals surface area contributed by atoms with Gasteiger partial charge in [0.25, 0.3) is 0 Å². The van der Waals surface area contributed by atoms with E-state index in [1.165, 1.54) is 0 Å². The molecule has 0 heterocycles. The van der Waals surface area contributed by atoms with E-state index >= 15 is 0 Å². The van der Waals surface area contributed by atoms with Gasteiger partial charge in [-0.15, -0.1) is 0 Å². The molecule has 1 amide bonds. The van der Waals surface area contributed by atoms with Crippen LogP contribution in [0.5, 0.6) is 0 Å². The number of carbonyl (C=O) groups is 1. The van der Waals surface area contributed by atoms with E-state index in [0.29, 0.717) is 0 Å². The zero-order chi connectivity index (χ0) is 5.70. The molecule has 0 saturated heterocycles. The second-order valence-corrected chi connectivity index (χ2v) is 0.785. The zero-order valence-electron chi connectivity index (χ0n) is 3.72. The van der Waals surface area contributed by atoms with Gasteiger partial charge in [0.15, 0.2) is 6.79 Å². The Labute approximate surface area is 41.2 Å². The van der Waals surface area contributed by atoms with Crippen LogP contribution in [0.3, 0.4) is 0 Å². The zero-order valence-corrected chi connectivity index (χ0v) is 3.72. The summed E-state index contributed by atoms with van der Waals surface area (Å²) in [4.78, 5) is 9.65. The third-order valence-electron chi connectivity index (χ3n) is 0.285. The molecule has 0 aromatic carbocycles. The van der Waals surface area contributed by atoms with Gasteiger partial charge in [-0.05, 0) is 0 Å². The van der Waals surface area contributed by atoms with Crippen LogP contribution in [-0.4, -0.2) is 12.9 Å². The molecule has 0 aliphatic heterocycles. The lowest BCUT2D eigenvalue weighted by molar-refractivity contribution is 0.0346.